The highest BCUT2D eigenvalue weighted by Crippen LogP contribution is 2.12. The first-order valence-electron chi connectivity index (χ1n) is 7.93. The fourth-order valence-corrected chi connectivity index (χ4v) is 2.29. The Hall–Kier alpha value is -3.69. The molecular formula is C17H18N4O6. The van der Waals surface area contributed by atoms with E-state index in [2.05, 4.69) is 5.32 Å². The number of aromatic nitrogens is 1. The van der Waals surface area contributed by atoms with Gasteiger partial charge in [-0.1, -0.05) is 12.1 Å². The van der Waals surface area contributed by atoms with Crippen LogP contribution in [0.1, 0.15) is 15.9 Å². The summed E-state index contributed by atoms with van der Waals surface area (Å²) in [5, 5.41) is 13.4. The molecule has 2 rings (SSSR count). The van der Waals surface area contributed by atoms with Crippen LogP contribution in [0.15, 0.2) is 41.3 Å². The van der Waals surface area contributed by atoms with Gasteiger partial charge in [0.15, 0.2) is 0 Å². The molecule has 2 aromatic rings. The van der Waals surface area contributed by atoms with Crippen molar-refractivity contribution in [2.45, 2.75) is 13.5 Å². The second-order valence-electron chi connectivity index (χ2n) is 5.68. The van der Waals surface area contributed by atoms with Crippen LogP contribution in [0.5, 0.6) is 5.75 Å². The molecule has 1 heterocycles. The summed E-state index contributed by atoms with van der Waals surface area (Å²) in [5.41, 5.74) is 4.14. The smallest absolute Gasteiger partial charge is 0.286 e. The van der Waals surface area contributed by atoms with E-state index in [9.17, 15) is 24.5 Å². The average molecular weight is 374 g/mol. The largest absolute Gasteiger partial charge is 0.492 e. The summed E-state index contributed by atoms with van der Waals surface area (Å²) in [6.45, 7) is 1.79. The van der Waals surface area contributed by atoms with Gasteiger partial charge >= 0.3 is 0 Å². The monoisotopic (exact) mass is 374 g/mol. The van der Waals surface area contributed by atoms with E-state index in [1.54, 1.807) is 6.07 Å². The molecule has 0 atom stereocenters. The maximum atomic E-state index is 12.1. The Morgan fingerprint density at radius 1 is 1.33 bits per heavy atom. The molecule has 10 heteroatoms. The van der Waals surface area contributed by atoms with Crippen LogP contribution in [0.3, 0.4) is 0 Å². The van der Waals surface area contributed by atoms with Gasteiger partial charge in [-0.05, 0) is 24.6 Å². The Morgan fingerprint density at radius 3 is 2.70 bits per heavy atom. The van der Waals surface area contributed by atoms with Gasteiger partial charge in [0.2, 0.25) is 5.91 Å². The molecular weight excluding hydrogens is 356 g/mol. The molecule has 27 heavy (non-hydrogen) atoms. The first-order valence-corrected chi connectivity index (χ1v) is 7.93. The zero-order chi connectivity index (χ0) is 20.0. The molecule has 142 valence electrons. The average Bonchev–Trinajstić information content (AvgIpc) is 2.60. The maximum Gasteiger partial charge on any atom is 0.286 e. The molecule has 0 fully saturated rings. The van der Waals surface area contributed by atoms with E-state index in [4.69, 9.17) is 10.5 Å². The summed E-state index contributed by atoms with van der Waals surface area (Å²) >= 11 is 0. The number of amides is 2. The van der Waals surface area contributed by atoms with Crippen molar-refractivity contribution < 1.29 is 19.2 Å². The number of hydrogen-bond donors (Lipinski definition) is 2. The van der Waals surface area contributed by atoms with Crippen molar-refractivity contribution in [2.24, 2.45) is 5.73 Å². The van der Waals surface area contributed by atoms with Crippen molar-refractivity contribution in [3.05, 3.63) is 68.1 Å². The highest BCUT2D eigenvalue weighted by Gasteiger charge is 2.18. The van der Waals surface area contributed by atoms with Gasteiger partial charge in [-0.25, -0.2) is 0 Å². The standard InChI is InChI=1S/C17H18N4O6/c1-11-3-2-4-13(7-11)27-6-5-19-15(22)10-20-9-12(21(25)26)8-14(16(18)23)17(20)24/h2-4,7-9H,5-6,10H2,1H3,(H2,18,23)(H,19,22). The lowest BCUT2D eigenvalue weighted by Gasteiger charge is -2.10. The SMILES string of the molecule is Cc1cccc(OCCNC(=O)Cn2cc([N+](=O)[O-])cc(C(N)=O)c2=O)c1. The third-order valence-electron chi connectivity index (χ3n) is 3.54. The topological polar surface area (TPSA) is 147 Å². The van der Waals surface area contributed by atoms with Crippen LogP contribution in [0, 0.1) is 17.0 Å². The predicted molar refractivity (Wildman–Crippen MR) is 95.6 cm³/mol. The molecule has 0 bridgehead atoms. The fourth-order valence-electron chi connectivity index (χ4n) is 2.29. The molecule has 0 aliphatic carbocycles. The second kappa shape index (κ2) is 8.61. The van der Waals surface area contributed by atoms with Crippen LogP contribution < -0.4 is 21.3 Å². The van der Waals surface area contributed by atoms with Crippen LogP contribution in [0.25, 0.3) is 0 Å². The van der Waals surface area contributed by atoms with Crippen molar-refractivity contribution in [3.8, 4) is 5.75 Å². The van der Waals surface area contributed by atoms with E-state index in [-0.39, 0.29) is 13.2 Å². The summed E-state index contributed by atoms with van der Waals surface area (Å²) in [7, 11) is 0. The summed E-state index contributed by atoms with van der Waals surface area (Å²) < 4.78 is 6.25. The summed E-state index contributed by atoms with van der Waals surface area (Å²) in [6.07, 6.45) is 0.887. The van der Waals surface area contributed by atoms with E-state index in [0.717, 1.165) is 22.4 Å². The van der Waals surface area contributed by atoms with Gasteiger partial charge in [0.05, 0.1) is 17.7 Å². The van der Waals surface area contributed by atoms with Gasteiger partial charge in [-0.15, -0.1) is 0 Å². The van der Waals surface area contributed by atoms with Gasteiger partial charge in [-0.2, -0.15) is 0 Å². The Labute approximate surface area is 153 Å². The van der Waals surface area contributed by atoms with E-state index in [1.165, 1.54) is 0 Å². The molecule has 0 radical (unpaired) electrons. The molecule has 0 saturated heterocycles. The number of hydrogen-bond acceptors (Lipinski definition) is 6. The number of carbonyl (C=O) groups is 2. The number of rotatable bonds is 8. The van der Waals surface area contributed by atoms with E-state index in [1.807, 2.05) is 25.1 Å². The highest BCUT2D eigenvalue weighted by molar-refractivity contribution is 5.93. The number of primary amides is 1. The zero-order valence-corrected chi connectivity index (χ0v) is 14.5. The lowest BCUT2D eigenvalue weighted by molar-refractivity contribution is -0.385. The molecule has 0 aliphatic heterocycles. The quantitative estimate of drug-likeness (QED) is 0.387. The lowest BCUT2D eigenvalue weighted by atomic mass is 10.2. The van der Waals surface area contributed by atoms with Gasteiger partial charge in [0.25, 0.3) is 17.2 Å². The van der Waals surface area contributed by atoms with E-state index < -0.39 is 40.1 Å². The minimum atomic E-state index is -1.11. The van der Waals surface area contributed by atoms with E-state index >= 15 is 0 Å². The maximum absolute atomic E-state index is 12.1. The number of pyridine rings is 1. The Kier molecular flexibility index (Phi) is 6.26. The van der Waals surface area contributed by atoms with Crippen LogP contribution in [-0.4, -0.2) is 34.5 Å². The van der Waals surface area contributed by atoms with Crippen molar-refractivity contribution in [2.75, 3.05) is 13.2 Å². The molecule has 3 N–H and O–H groups in total. The van der Waals surface area contributed by atoms with Gasteiger partial charge in [0.1, 0.15) is 24.5 Å². The fraction of sp³-hybridized carbons (Fsp3) is 0.235. The predicted octanol–water partition coefficient (Wildman–Crippen LogP) is 0.359. The molecule has 1 aromatic heterocycles. The highest BCUT2D eigenvalue weighted by atomic mass is 16.6. The Balaban J connectivity index is 1.97. The van der Waals surface area contributed by atoms with Crippen LogP contribution >= 0.6 is 0 Å². The zero-order valence-electron chi connectivity index (χ0n) is 14.5. The number of ether oxygens (including phenoxy) is 1. The number of nitrogens with two attached hydrogens (primary N) is 1. The van der Waals surface area contributed by atoms with Crippen LogP contribution in [0.4, 0.5) is 5.69 Å². The molecule has 10 nitrogen and oxygen atoms in total. The van der Waals surface area contributed by atoms with Crippen molar-refractivity contribution in [3.63, 3.8) is 0 Å². The number of aryl methyl sites for hydroxylation is 1. The first-order chi connectivity index (χ1) is 12.8. The molecule has 0 unspecified atom stereocenters. The third-order valence-corrected chi connectivity index (χ3v) is 3.54. The van der Waals surface area contributed by atoms with Gasteiger partial charge in [0, 0.05) is 6.07 Å². The number of nitrogens with one attached hydrogen (secondary N) is 1. The Bertz CT molecular complexity index is 937. The number of benzene rings is 1. The lowest BCUT2D eigenvalue weighted by Crippen LogP contribution is -2.36. The third kappa shape index (κ3) is 5.39. The molecule has 0 saturated carbocycles. The number of carbonyl (C=O) groups excluding carboxylic acids is 2. The summed E-state index contributed by atoms with van der Waals surface area (Å²) in [5.74, 6) is -1.02. The Morgan fingerprint density at radius 2 is 2.07 bits per heavy atom. The van der Waals surface area contributed by atoms with E-state index in [0.29, 0.717) is 5.75 Å². The number of nitrogens with zero attached hydrogens (tertiary/aromatic N) is 2. The van der Waals surface area contributed by atoms with Crippen molar-refractivity contribution >= 4 is 17.5 Å². The van der Waals surface area contributed by atoms with Crippen LogP contribution in [0.2, 0.25) is 0 Å². The van der Waals surface area contributed by atoms with Crippen LogP contribution in [-0.2, 0) is 11.3 Å². The minimum Gasteiger partial charge on any atom is -0.492 e. The molecule has 1 aromatic carbocycles. The summed E-state index contributed by atoms with van der Waals surface area (Å²) in [4.78, 5) is 45.5. The number of nitro groups is 1. The second-order valence-corrected chi connectivity index (χ2v) is 5.68. The normalized spacial score (nSPS) is 10.3. The van der Waals surface area contributed by atoms with Gasteiger partial charge in [-0.3, -0.25) is 29.1 Å². The van der Waals surface area contributed by atoms with Crippen molar-refractivity contribution in [1.82, 2.24) is 9.88 Å². The minimum absolute atomic E-state index is 0.166. The summed E-state index contributed by atoms with van der Waals surface area (Å²) in [6, 6.07) is 8.17. The molecule has 0 spiro atoms. The van der Waals surface area contributed by atoms with Gasteiger partial charge < -0.3 is 15.8 Å². The molecule has 0 aliphatic rings. The first kappa shape index (κ1) is 19.6. The van der Waals surface area contributed by atoms with Crippen molar-refractivity contribution in [1.29, 1.82) is 0 Å². The molecule has 2 amide bonds.